The number of aromatic nitrogens is 2. The van der Waals surface area contributed by atoms with Crippen LogP contribution in [-0.2, 0) is 0 Å². The third-order valence-corrected chi connectivity index (χ3v) is 5.05. The number of rotatable bonds is 5. The minimum Gasteiger partial charge on any atom is -0.478 e. The molecular formula is C23H19FN4O3. The summed E-state index contributed by atoms with van der Waals surface area (Å²) in [5.74, 6) is -1.95. The van der Waals surface area contributed by atoms with Gasteiger partial charge in [0.15, 0.2) is 0 Å². The first-order chi connectivity index (χ1) is 14.8. The number of halogens is 1. The summed E-state index contributed by atoms with van der Waals surface area (Å²) in [5.41, 5.74) is 6.25. The zero-order valence-electron chi connectivity index (χ0n) is 16.8. The molecule has 8 heteroatoms. The number of hydrogen-bond acceptors (Lipinski definition) is 3. The molecule has 0 saturated carbocycles. The van der Waals surface area contributed by atoms with Crippen molar-refractivity contribution >= 4 is 29.0 Å². The molecule has 0 spiro atoms. The van der Waals surface area contributed by atoms with Crippen LogP contribution in [0.2, 0.25) is 0 Å². The highest BCUT2D eigenvalue weighted by Gasteiger charge is 2.17. The Labute approximate surface area is 176 Å². The van der Waals surface area contributed by atoms with Gasteiger partial charge < -0.3 is 14.7 Å². The van der Waals surface area contributed by atoms with Gasteiger partial charge in [0.2, 0.25) is 0 Å². The van der Waals surface area contributed by atoms with E-state index < -0.39 is 11.9 Å². The van der Waals surface area contributed by atoms with Gasteiger partial charge in [-0.25, -0.2) is 14.6 Å². The molecule has 0 aliphatic heterocycles. The second kappa shape index (κ2) is 7.91. The van der Waals surface area contributed by atoms with Gasteiger partial charge in [-0.1, -0.05) is 0 Å². The molecule has 3 N–H and O–H groups in total. The fraction of sp³-hybridized carbons (Fsp3) is 0.0870. The van der Waals surface area contributed by atoms with Crippen LogP contribution in [0.15, 0.2) is 59.8 Å². The SMILES string of the molecule is Cc1ccc(C)n1-c1cc(C(=O)NN=Cc2c[nH]c3ccc(F)cc23)ccc1C(=O)O. The standard InChI is InChI=1S/C23H19FN4O3/c1-13-3-4-14(2)28(13)21-9-15(5-7-18(21)23(30)31)22(29)27-26-12-16-11-25-20-8-6-17(24)10-19(16)20/h3-12,25H,1-2H3,(H,27,29)(H,30,31). The monoisotopic (exact) mass is 418 g/mol. The van der Waals surface area contributed by atoms with Crippen molar-refractivity contribution in [3.8, 4) is 5.69 Å². The number of nitrogens with one attached hydrogen (secondary N) is 2. The highest BCUT2D eigenvalue weighted by atomic mass is 19.1. The molecule has 0 unspecified atom stereocenters. The topological polar surface area (TPSA) is 99.5 Å². The summed E-state index contributed by atoms with van der Waals surface area (Å²) in [4.78, 5) is 27.3. The van der Waals surface area contributed by atoms with Gasteiger partial charge in [0.05, 0.1) is 17.5 Å². The summed E-state index contributed by atoms with van der Waals surface area (Å²) in [6.45, 7) is 3.72. The zero-order chi connectivity index (χ0) is 22.1. The molecule has 0 aliphatic rings. The number of carbonyl (C=O) groups excluding carboxylic acids is 1. The third-order valence-electron chi connectivity index (χ3n) is 5.05. The summed E-state index contributed by atoms with van der Waals surface area (Å²) < 4.78 is 15.3. The summed E-state index contributed by atoms with van der Waals surface area (Å²) in [6.07, 6.45) is 3.08. The normalized spacial score (nSPS) is 11.3. The average molecular weight is 418 g/mol. The number of nitrogens with zero attached hydrogens (tertiary/aromatic N) is 2. The van der Waals surface area contributed by atoms with Gasteiger partial charge in [0, 0.05) is 39.6 Å². The first-order valence-electron chi connectivity index (χ1n) is 9.48. The molecule has 1 amide bonds. The molecular weight excluding hydrogens is 399 g/mol. The number of fused-ring (bicyclic) bond motifs is 1. The lowest BCUT2D eigenvalue weighted by Gasteiger charge is -2.14. The van der Waals surface area contributed by atoms with Gasteiger partial charge in [0.1, 0.15) is 5.82 Å². The number of H-pyrrole nitrogens is 1. The molecule has 0 aliphatic carbocycles. The molecule has 2 heterocycles. The van der Waals surface area contributed by atoms with E-state index in [9.17, 15) is 19.1 Å². The van der Waals surface area contributed by atoms with Gasteiger partial charge in [-0.3, -0.25) is 4.79 Å². The Morgan fingerprint density at radius 1 is 1.10 bits per heavy atom. The van der Waals surface area contributed by atoms with Gasteiger partial charge >= 0.3 is 5.97 Å². The van der Waals surface area contributed by atoms with Crippen molar-refractivity contribution in [3.05, 3.63) is 88.6 Å². The van der Waals surface area contributed by atoms with E-state index >= 15 is 0 Å². The molecule has 0 saturated heterocycles. The van der Waals surface area contributed by atoms with Crippen molar-refractivity contribution in [2.24, 2.45) is 5.10 Å². The number of hydrogen-bond donors (Lipinski definition) is 3. The summed E-state index contributed by atoms with van der Waals surface area (Å²) in [6, 6.07) is 12.5. The van der Waals surface area contributed by atoms with Crippen LogP contribution in [0.1, 0.15) is 37.7 Å². The van der Waals surface area contributed by atoms with E-state index in [1.165, 1.54) is 36.5 Å². The van der Waals surface area contributed by atoms with E-state index in [-0.39, 0.29) is 16.9 Å². The van der Waals surface area contributed by atoms with E-state index in [1.807, 2.05) is 26.0 Å². The highest BCUT2D eigenvalue weighted by Crippen LogP contribution is 2.22. The van der Waals surface area contributed by atoms with E-state index in [0.29, 0.717) is 16.6 Å². The second-order valence-corrected chi connectivity index (χ2v) is 7.12. The lowest BCUT2D eigenvalue weighted by Crippen LogP contribution is -2.19. The van der Waals surface area contributed by atoms with Crippen LogP contribution in [0.3, 0.4) is 0 Å². The van der Waals surface area contributed by atoms with Crippen LogP contribution in [0, 0.1) is 19.7 Å². The van der Waals surface area contributed by atoms with Gasteiger partial charge in [-0.15, -0.1) is 0 Å². The number of aromatic carboxylic acids is 1. The third kappa shape index (κ3) is 3.83. The van der Waals surface area contributed by atoms with Crippen LogP contribution >= 0.6 is 0 Å². The number of amides is 1. The minimum absolute atomic E-state index is 0.0864. The Hall–Kier alpha value is -4.20. The molecule has 2 aromatic carbocycles. The number of carbonyl (C=O) groups is 2. The Morgan fingerprint density at radius 2 is 1.84 bits per heavy atom. The van der Waals surface area contributed by atoms with Gasteiger partial charge in [-0.2, -0.15) is 5.10 Å². The molecule has 4 aromatic rings. The van der Waals surface area contributed by atoms with Crippen LogP contribution in [0.5, 0.6) is 0 Å². The van der Waals surface area contributed by atoms with E-state index in [4.69, 9.17) is 0 Å². The summed E-state index contributed by atoms with van der Waals surface area (Å²) >= 11 is 0. The Bertz CT molecular complexity index is 1330. The maximum Gasteiger partial charge on any atom is 0.337 e. The average Bonchev–Trinajstić information content (AvgIpc) is 3.29. The van der Waals surface area contributed by atoms with E-state index in [2.05, 4.69) is 15.5 Å². The molecule has 4 rings (SSSR count). The molecule has 156 valence electrons. The van der Waals surface area contributed by atoms with Crippen molar-refractivity contribution in [2.45, 2.75) is 13.8 Å². The van der Waals surface area contributed by atoms with Crippen molar-refractivity contribution < 1.29 is 19.1 Å². The summed E-state index contributed by atoms with van der Waals surface area (Å²) in [7, 11) is 0. The van der Waals surface area contributed by atoms with Gasteiger partial charge in [0.25, 0.3) is 5.91 Å². The maximum atomic E-state index is 13.5. The fourth-order valence-corrected chi connectivity index (χ4v) is 3.53. The maximum absolute atomic E-state index is 13.5. The number of hydrazone groups is 1. The van der Waals surface area contributed by atoms with Crippen LogP contribution in [0.4, 0.5) is 4.39 Å². The molecule has 2 aromatic heterocycles. The number of carboxylic acids is 1. The number of carboxylic acid groups (broad SMARTS) is 1. The van der Waals surface area contributed by atoms with Gasteiger partial charge in [-0.05, 0) is 62.4 Å². The number of aryl methyl sites for hydroxylation is 2. The smallest absolute Gasteiger partial charge is 0.337 e. The molecule has 0 bridgehead atoms. The molecule has 31 heavy (non-hydrogen) atoms. The number of aromatic amines is 1. The van der Waals surface area contributed by atoms with Crippen molar-refractivity contribution in [1.29, 1.82) is 0 Å². The van der Waals surface area contributed by atoms with E-state index in [0.717, 1.165) is 16.9 Å². The Kier molecular flexibility index (Phi) is 5.12. The fourth-order valence-electron chi connectivity index (χ4n) is 3.53. The van der Waals surface area contributed by atoms with Crippen molar-refractivity contribution in [3.63, 3.8) is 0 Å². The van der Waals surface area contributed by atoms with Crippen LogP contribution in [-0.4, -0.2) is 32.7 Å². The Morgan fingerprint density at radius 3 is 2.55 bits per heavy atom. The van der Waals surface area contributed by atoms with Crippen molar-refractivity contribution in [1.82, 2.24) is 15.0 Å². The first-order valence-corrected chi connectivity index (χ1v) is 9.48. The number of benzene rings is 2. The van der Waals surface area contributed by atoms with Crippen LogP contribution < -0.4 is 5.43 Å². The van der Waals surface area contributed by atoms with Crippen molar-refractivity contribution in [2.75, 3.05) is 0 Å². The predicted molar refractivity (Wildman–Crippen MR) is 116 cm³/mol. The predicted octanol–water partition coefficient (Wildman–Crippen LogP) is 4.18. The lowest BCUT2D eigenvalue weighted by atomic mass is 10.1. The quantitative estimate of drug-likeness (QED) is 0.335. The van der Waals surface area contributed by atoms with Crippen LogP contribution in [0.25, 0.3) is 16.6 Å². The molecule has 0 atom stereocenters. The zero-order valence-corrected chi connectivity index (χ0v) is 16.8. The minimum atomic E-state index is -1.08. The molecule has 0 fully saturated rings. The second-order valence-electron chi connectivity index (χ2n) is 7.12. The lowest BCUT2D eigenvalue weighted by molar-refractivity contribution is 0.0696. The molecule has 0 radical (unpaired) electrons. The summed E-state index contributed by atoms with van der Waals surface area (Å²) in [5, 5.41) is 14.2. The molecule has 7 nitrogen and oxygen atoms in total. The first kappa shape index (κ1) is 20.1. The highest BCUT2D eigenvalue weighted by molar-refractivity contribution is 6.01. The van der Waals surface area contributed by atoms with E-state index in [1.54, 1.807) is 16.8 Å². The largest absolute Gasteiger partial charge is 0.478 e. The Balaban J connectivity index is 1.61.